The average molecular weight is 342 g/mol. The van der Waals surface area contributed by atoms with Gasteiger partial charge in [-0.05, 0) is 36.6 Å². The molecule has 1 aliphatic rings. The van der Waals surface area contributed by atoms with Crippen molar-refractivity contribution in [3.05, 3.63) is 59.9 Å². The fourth-order valence-corrected chi connectivity index (χ4v) is 4.21. The number of amides is 1. The summed E-state index contributed by atoms with van der Waals surface area (Å²) in [7, 11) is 0. The predicted octanol–water partition coefficient (Wildman–Crippen LogP) is 3.48. The molecule has 1 fully saturated rings. The highest BCUT2D eigenvalue weighted by atomic mass is 32.2. The van der Waals surface area contributed by atoms with Gasteiger partial charge >= 0.3 is 0 Å². The van der Waals surface area contributed by atoms with E-state index in [1.807, 2.05) is 22.7 Å². The van der Waals surface area contributed by atoms with Gasteiger partial charge < -0.3 is 9.64 Å². The number of aromatic nitrogens is 1. The van der Waals surface area contributed by atoms with E-state index in [0.29, 0.717) is 11.0 Å². The normalized spacial score (nSPS) is 18.0. The topological polar surface area (TPSA) is 42.4 Å². The largest absolute Gasteiger partial charge is 0.482 e. The van der Waals surface area contributed by atoms with Gasteiger partial charge in [0.25, 0.3) is 5.91 Å². The van der Waals surface area contributed by atoms with E-state index >= 15 is 0 Å². The molecule has 0 N–H and O–H groups in total. The summed E-state index contributed by atoms with van der Waals surface area (Å²) in [5, 5.41) is 0.461. The Balaban J connectivity index is 1.55. The lowest BCUT2D eigenvalue weighted by atomic mass is 10.0. The summed E-state index contributed by atoms with van der Waals surface area (Å²) < 4.78 is 5.53. The zero-order chi connectivity index (χ0) is 16.8. The highest BCUT2D eigenvalue weighted by Gasteiger charge is 2.23. The molecule has 0 spiro atoms. The lowest BCUT2D eigenvalue weighted by Crippen LogP contribution is -2.36. The first-order valence-electron chi connectivity index (χ1n) is 8.22. The predicted molar refractivity (Wildman–Crippen MR) is 97.3 cm³/mol. The van der Waals surface area contributed by atoms with E-state index < -0.39 is 0 Å². The van der Waals surface area contributed by atoms with E-state index in [0.717, 1.165) is 25.3 Å². The molecule has 24 heavy (non-hydrogen) atoms. The van der Waals surface area contributed by atoms with Crippen molar-refractivity contribution < 1.29 is 9.53 Å². The monoisotopic (exact) mass is 342 g/mol. The minimum Gasteiger partial charge on any atom is -0.482 e. The van der Waals surface area contributed by atoms with E-state index in [4.69, 9.17) is 4.74 Å². The average Bonchev–Trinajstić information content (AvgIpc) is 2.87. The van der Waals surface area contributed by atoms with Crippen LogP contribution in [0.15, 0.2) is 48.8 Å². The fraction of sp³-hybridized carbons (Fsp3) is 0.368. The third-order valence-corrected chi connectivity index (χ3v) is 5.54. The molecule has 1 amide bonds. The van der Waals surface area contributed by atoms with Crippen molar-refractivity contribution in [2.45, 2.75) is 18.6 Å². The summed E-state index contributed by atoms with van der Waals surface area (Å²) in [6.07, 6.45) is 4.29. The first-order chi connectivity index (χ1) is 11.7. The molecule has 5 heteroatoms. The molecule has 4 nitrogen and oxygen atoms in total. The van der Waals surface area contributed by atoms with E-state index in [-0.39, 0.29) is 12.5 Å². The molecule has 0 radical (unpaired) electrons. The second-order valence-electron chi connectivity index (χ2n) is 5.86. The summed E-state index contributed by atoms with van der Waals surface area (Å²) in [5.74, 6) is 1.63. The van der Waals surface area contributed by atoms with Crippen molar-refractivity contribution in [3.8, 4) is 5.75 Å². The van der Waals surface area contributed by atoms with Crippen molar-refractivity contribution in [3.63, 3.8) is 0 Å². The van der Waals surface area contributed by atoms with Crippen LogP contribution in [-0.2, 0) is 4.79 Å². The van der Waals surface area contributed by atoms with Gasteiger partial charge in [0.2, 0.25) is 0 Å². The molecular formula is C19H22N2O2S. The SMILES string of the molecule is Cc1ccccc1C1CCN(C(=O)COc2cccnc2)CCS1. The van der Waals surface area contributed by atoms with Crippen LogP contribution in [0.3, 0.4) is 0 Å². The van der Waals surface area contributed by atoms with Gasteiger partial charge in [-0.25, -0.2) is 0 Å². The molecule has 1 atom stereocenters. The molecule has 2 heterocycles. The molecule has 1 unspecified atom stereocenters. The minimum absolute atomic E-state index is 0.0462. The molecule has 0 bridgehead atoms. The number of carbonyl (C=O) groups is 1. The summed E-state index contributed by atoms with van der Waals surface area (Å²) in [6, 6.07) is 12.1. The van der Waals surface area contributed by atoms with Gasteiger partial charge in [0.05, 0.1) is 6.20 Å². The number of rotatable bonds is 4. The maximum absolute atomic E-state index is 12.4. The van der Waals surface area contributed by atoms with Gasteiger partial charge in [-0.2, -0.15) is 11.8 Å². The van der Waals surface area contributed by atoms with Crippen molar-refractivity contribution in [1.82, 2.24) is 9.88 Å². The standard InChI is InChI=1S/C19H22N2O2S/c1-15-5-2-3-7-17(15)18-8-10-21(11-12-24-18)19(22)14-23-16-6-4-9-20-13-16/h2-7,9,13,18H,8,10-12,14H2,1H3. The Kier molecular flexibility index (Phi) is 5.75. The molecule has 126 valence electrons. The molecule has 0 saturated carbocycles. The lowest BCUT2D eigenvalue weighted by Gasteiger charge is -2.20. The molecule has 1 aliphatic heterocycles. The van der Waals surface area contributed by atoms with Crippen molar-refractivity contribution in [2.75, 3.05) is 25.4 Å². The highest BCUT2D eigenvalue weighted by Crippen LogP contribution is 2.35. The van der Waals surface area contributed by atoms with E-state index in [1.165, 1.54) is 11.1 Å². The molecule has 1 aromatic carbocycles. The van der Waals surface area contributed by atoms with Gasteiger partial charge in [-0.1, -0.05) is 24.3 Å². The van der Waals surface area contributed by atoms with Gasteiger partial charge in [0, 0.05) is 30.3 Å². The number of hydrogen-bond donors (Lipinski definition) is 0. The first kappa shape index (κ1) is 16.8. The number of benzene rings is 1. The summed E-state index contributed by atoms with van der Waals surface area (Å²) >= 11 is 1.94. The van der Waals surface area contributed by atoms with Gasteiger partial charge in [0.1, 0.15) is 5.75 Å². The van der Waals surface area contributed by atoms with Gasteiger partial charge in [-0.3, -0.25) is 9.78 Å². The third kappa shape index (κ3) is 4.29. The molecule has 2 aromatic rings. The summed E-state index contributed by atoms with van der Waals surface area (Å²) in [5.41, 5.74) is 2.72. The number of hydrogen-bond acceptors (Lipinski definition) is 4. The number of aryl methyl sites for hydroxylation is 1. The van der Waals surface area contributed by atoms with Crippen LogP contribution in [0.2, 0.25) is 0 Å². The van der Waals surface area contributed by atoms with Crippen LogP contribution in [0.4, 0.5) is 0 Å². The molecule has 1 aromatic heterocycles. The van der Waals surface area contributed by atoms with E-state index in [2.05, 4.69) is 36.2 Å². The van der Waals surface area contributed by atoms with Crippen LogP contribution in [0.1, 0.15) is 22.8 Å². The second-order valence-corrected chi connectivity index (χ2v) is 7.17. The van der Waals surface area contributed by atoms with Gasteiger partial charge in [-0.15, -0.1) is 0 Å². The Hall–Kier alpha value is -2.01. The lowest BCUT2D eigenvalue weighted by molar-refractivity contribution is -0.133. The number of ether oxygens (including phenoxy) is 1. The Morgan fingerprint density at radius 1 is 1.29 bits per heavy atom. The van der Waals surface area contributed by atoms with Crippen LogP contribution < -0.4 is 4.74 Å². The minimum atomic E-state index is 0.0462. The van der Waals surface area contributed by atoms with Crippen LogP contribution in [0, 0.1) is 6.92 Å². The van der Waals surface area contributed by atoms with Crippen molar-refractivity contribution >= 4 is 17.7 Å². The van der Waals surface area contributed by atoms with Crippen molar-refractivity contribution in [2.24, 2.45) is 0 Å². The third-order valence-electron chi connectivity index (χ3n) is 4.23. The first-order valence-corrected chi connectivity index (χ1v) is 9.26. The van der Waals surface area contributed by atoms with Crippen LogP contribution in [0.25, 0.3) is 0 Å². The summed E-state index contributed by atoms with van der Waals surface area (Å²) in [4.78, 5) is 18.3. The fourth-order valence-electron chi connectivity index (χ4n) is 2.88. The van der Waals surface area contributed by atoms with Crippen LogP contribution in [0.5, 0.6) is 5.75 Å². The Morgan fingerprint density at radius 2 is 2.17 bits per heavy atom. The number of thioether (sulfide) groups is 1. The highest BCUT2D eigenvalue weighted by molar-refractivity contribution is 7.99. The van der Waals surface area contributed by atoms with E-state index in [9.17, 15) is 4.79 Å². The summed E-state index contributed by atoms with van der Waals surface area (Å²) in [6.45, 7) is 3.79. The van der Waals surface area contributed by atoms with E-state index in [1.54, 1.807) is 18.5 Å². The van der Waals surface area contributed by atoms with Gasteiger partial charge in [0.15, 0.2) is 6.61 Å². The molecular weight excluding hydrogens is 320 g/mol. The Morgan fingerprint density at radius 3 is 2.96 bits per heavy atom. The zero-order valence-corrected chi connectivity index (χ0v) is 14.7. The number of pyridine rings is 1. The zero-order valence-electron chi connectivity index (χ0n) is 13.9. The Bertz CT molecular complexity index is 678. The Labute approximate surface area is 147 Å². The van der Waals surface area contributed by atoms with Crippen molar-refractivity contribution in [1.29, 1.82) is 0 Å². The number of nitrogens with zero attached hydrogens (tertiary/aromatic N) is 2. The molecule has 0 aliphatic carbocycles. The molecule has 1 saturated heterocycles. The smallest absolute Gasteiger partial charge is 0.260 e. The molecule has 3 rings (SSSR count). The maximum Gasteiger partial charge on any atom is 0.260 e. The maximum atomic E-state index is 12.4. The van der Waals surface area contributed by atoms with Crippen LogP contribution >= 0.6 is 11.8 Å². The quantitative estimate of drug-likeness (QED) is 0.853. The number of carbonyl (C=O) groups excluding carboxylic acids is 1. The van der Waals surface area contributed by atoms with Crippen LogP contribution in [-0.4, -0.2) is 41.2 Å². The second kappa shape index (κ2) is 8.20.